The molecule has 27 heavy (non-hydrogen) atoms. The lowest BCUT2D eigenvalue weighted by Crippen LogP contribution is -2.26. The molecule has 3 aromatic rings. The van der Waals surface area contributed by atoms with E-state index in [1.807, 2.05) is 36.4 Å². The lowest BCUT2D eigenvalue weighted by molar-refractivity contribution is 0.0601. The molecule has 6 heteroatoms. The van der Waals surface area contributed by atoms with Gasteiger partial charge in [-0.25, -0.2) is 9.78 Å². The number of nitrogens with one attached hydrogen (secondary N) is 1. The number of nitrogens with zero attached hydrogens (tertiary/aromatic N) is 2. The summed E-state index contributed by atoms with van der Waals surface area (Å²) in [6.07, 6.45) is 1.50. The minimum absolute atomic E-state index is 0.157. The van der Waals surface area contributed by atoms with Gasteiger partial charge < -0.3 is 15.0 Å². The number of methoxy groups -OCH3 is 1. The van der Waals surface area contributed by atoms with Gasteiger partial charge in [0.25, 0.3) is 5.91 Å². The fraction of sp³-hybridized carbons (Fsp3) is 0.0952. The topological polar surface area (TPSA) is 71.5 Å². The maximum Gasteiger partial charge on any atom is 0.339 e. The summed E-state index contributed by atoms with van der Waals surface area (Å²) in [6.45, 7) is 0. The second kappa shape index (κ2) is 8.14. The molecule has 0 unspecified atom stereocenters. The molecule has 0 saturated heterocycles. The van der Waals surface area contributed by atoms with Crippen LogP contribution in [0.25, 0.3) is 0 Å². The predicted molar refractivity (Wildman–Crippen MR) is 104 cm³/mol. The van der Waals surface area contributed by atoms with Gasteiger partial charge in [-0.2, -0.15) is 0 Å². The van der Waals surface area contributed by atoms with Crippen LogP contribution in [0.4, 0.5) is 17.2 Å². The highest BCUT2D eigenvalue weighted by molar-refractivity contribution is 6.05. The van der Waals surface area contributed by atoms with Gasteiger partial charge in [0, 0.05) is 18.9 Å². The first-order chi connectivity index (χ1) is 13.1. The van der Waals surface area contributed by atoms with Crippen molar-refractivity contribution in [2.75, 3.05) is 24.4 Å². The molecule has 3 rings (SSSR count). The van der Waals surface area contributed by atoms with E-state index in [-0.39, 0.29) is 5.91 Å². The van der Waals surface area contributed by atoms with Crippen LogP contribution in [0, 0.1) is 0 Å². The van der Waals surface area contributed by atoms with Gasteiger partial charge in [-0.3, -0.25) is 4.79 Å². The van der Waals surface area contributed by atoms with Crippen molar-refractivity contribution in [2.45, 2.75) is 0 Å². The Morgan fingerprint density at radius 3 is 2.33 bits per heavy atom. The summed E-state index contributed by atoms with van der Waals surface area (Å²) in [5.41, 5.74) is 2.26. The van der Waals surface area contributed by atoms with Crippen molar-refractivity contribution in [3.05, 3.63) is 84.1 Å². The summed E-state index contributed by atoms with van der Waals surface area (Å²) in [7, 11) is 3.05. The molecule has 1 N–H and O–H groups in total. The van der Waals surface area contributed by atoms with E-state index in [0.29, 0.717) is 22.6 Å². The first-order valence-electron chi connectivity index (χ1n) is 8.33. The number of rotatable bonds is 5. The highest BCUT2D eigenvalue weighted by Crippen LogP contribution is 2.21. The Kier molecular flexibility index (Phi) is 5.47. The lowest BCUT2D eigenvalue weighted by atomic mass is 10.1. The molecule has 1 amide bonds. The highest BCUT2D eigenvalue weighted by atomic mass is 16.5. The fourth-order valence-corrected chi connectivity index (χ4v) is 2.57. The number of carbonyl (C=O) groups excluding carboxylic acids is 2. The van der Waals surface area contributed by atoms with Crippen LogP contribution in [0.5, 0.6) is 0 Å². The van der Waals surface area contributed by atoms with Crippen molar-refractivity contribution in [3.63, 3.8) is 0 Å². The maximum atomic E-state index is 12.6. The van der Waals surface area contributed by atoms with Crippen LogP contribution in [0.2, 0.25) is 0 Å². The van der Waals surface area contributed by atoms with Gasteiger partial charge in [0.15, 0.2) is 0 Å². The number of aromatic nitrogens is 1. The molecule has 0 aliphatic rings. The molecule has 2 aromatic carbocycles. The zero-order valence-corrected chi connectivity index (χ0v) is 15.0. The molecule has 0 radical (unpaired) electrons. The molecule has 0 fully saturated rings. The average Bonchev–Trinajstić information content (AvgIpc) is 2.73. The van der Waals surface area contributed by atoms with E-state index in [1.165, 1.54) is 13.3 Å². The Hall–Kier alpha value is -3.67. The van der Waals surface area contributed by atoms with E-state index in [9.17, 15) is 9.59 Å². The van der Waals surface area contributed by atoms with Crippen LogP contribution in [0.1, 0.15) is 20.7 Å². The summed E-state index contributed by atoms with van der Waals surface area (Å²) in [5.74, 6) is -0.0742. The minimum Gasteiger partial charge on any atom is -0.465 e. The zero-order chi connectivity index (χ0) is 19.2. The Labute approximate surface area is 157 Å². The van der Waals surface area contributed by atoms with E-state index in [4.69, 9.17) is 4.74 Å². The molecule has 0 saturated carbocycles. The molecule has 136 valence electrons. The standard InChI is InChI=1S/C21H19N3O3/c1-24(16-8-4-3-5-9-16)20(25)15-12-13-19(22-14-15)23-18-11-7-6-10-17(18)21(26)27-2/h3-14H,1-2H3,(H,22,23). The molecule has 0 aliphatic heterocycles. The number of ether oxygens (including phenoxy) is 1. The lowest BCUT2D eigenvalue weighted by Gasteiger charge is -2.17. The SMILES string of the molecule is COC(=O)c1ccccc1Nc1ccc(C(=O)N(C)c2ccccc2)cn1. The van der Waals surface area contributed by atoms with Crippen LogP contribution < -0.4 is 10.2 Å². The fourth-order valence-electron chi connectivity index (χ4n) is 2.57. The normalized spacial score (nSPS) is 10.1. The Morgan fingerprint density at radius 1 is 0.963 bits per heavy atom. The number of esters is 1. The van der Waals surface area contributed by atoms with Crippen molar-refractivity contribution >= 4 is 29.1 Å². The van der Waals surface area contributed by atoms with Gasteiger partial charge in [0.1, 0.15) is 5.82 Å². The van der Waals surface area contributed by atoms with Gasteiger partial charge in [-0.1, -0.05) is 30.3 Å². The first-order valence-corrected chi connectivity index (χ1v) is 8.33. The number of benzene rings is 2. The summed E-state index contributed by atoms with van der Waals surface area (Å²) < 4.78 is 4.78. The summed E-state index contributed by atoms with van der Waals surface area (Å²) >= 11 is 0. The molecule has 0 bridgehead atoms. The van der Waals surface area contributed by atoms with Gasteiger partial charge in [-0.05, 0) is 36.4 Å². The van der Waals surface area contributed by atoms with Crippen LogP contribution >= 0.6 is 0 Å². The number of pyridine rings is 1. The summed E-state index contributed by atoms with van der Waals surface area (Å²) in [4.78, 5) is 30.3. The average molecular weight is 361 g/mol. The molecule has 0 aliphatic carbocycles. The smallest absolute Gasteiger partial charge is 0.339 e. The van der Waals surface area contributed by atoms with Gasteiger partial charge in [0.05, 0.1) is 23.9 Å². The van der Waals surface area contributed by atoms with Crippen molar-refractivity contribution in [3.8, 4) is 0 Å². The number of amides is 1. The monoisotopic (exact) mass is 361 g/mol. The Bertz CT molecular complexity index is 940. The number of para-hydroxylation sites is 2. The Balaban J connectivity index is 1.77. The molecule has 1 heterocycles. The van der Waals surface area contributed by atoms with Crippen molar-refractivity contribution in [2.24, 2.45) is 0 Å². The summed E-state index contributed by atoms with van der Waals surface area (Å²) in [5, 5.41) is 3.08. The second-order valence-electron chi connectivity index (χ2n) is 5.79. The number of hydrogen-bond acceptors (Lipinski definition) is 5. The van der Waals surface area contributed by atoms with Gasteiger partial charge in [0.2, 0.25) is 0 Å². The van der Waals surface area contributed by atoms with Crippen LogP contribution in [0.15, 0.2) is 72.9 Å². The molecule has 6 nitrogen and oxygen atoms in total. The van der Waals surface area contributed by atoms with Crippen molar-refractivity contribution < 1.29 is 14.3 Å². The van der Waals surface area contributed by atoms with E-state index < -0.39 is 5.97 Å². The number of hydrogen-bond donors (Lipinski definition) is 1. The van der Waals surface area contributed by atoms with E-state index in [0.717, 1.165) is 5.69 Å². The van der Waals surface area contributed by atoms with Gasteiger partial charge >= 0.3 is 5.97 Å². The highest BCUT2D eigenvalue weighted by Gasteiger charge is 2.15. The predicted octanol–water partition coefficient (Wildman–Crippen LogP) is 3.89. The molecule has 1 aromatic heterocycles. The van der Waals surface area contributed by atoms with Crippen molar-refractivity contribution in [1.82, 2.24) is 4.98 Å². The quantitative estimate of drug-likeness (QED) is 0.698. The molecular formula is C21H19N3O3. The maximum absolute atomic E-state index is 12.6. The summed E-state index contributed by atoms with van der Waals surface area (Å²) in [6, 6.07) is 19.8. The second-order valence-corrected chi connectivity index (χ2v) is 5.79. The number of anilines is 3. The third-order valence-electron chi connectivity index (χ3n) is 4.05. The van der Waals surface area contributed by atoms with E-state index >= 15 is 0 Å². The van der Waals surface area contributed by atoms with E-state index in [2.05, 4.69) is 10.3 Å². The largest absolute Gasteiger partial charge is 0.465 e. The van der Waals surface area contributed by atoms with Gasteiger partial charge in [-0.15, -0.1) is 0 Å². The first kappa shape index (κ1) is 18.1. The van der Waals surface area contributed by atoms with Crippen molar-refractivity contribution in [1.29, 1.82) is 0 Å². The van der Waals surface area contributed by atoms with Crippen LogP contribution in [-0.2, 0) is 4.74 Å². The Morgan fingerprint density at radius 2 is 1.67 bits per heavy atom. The molecular weight excluding hydrogens is 342 g/mol. The van der Waals surface area contributed by atoms with Crippen LogP contribution in [-0.4, -0.2) is 31.0 Å². The molecule has 0 atom stereocenters. The third-order valence-corrected chi connectivity index (χ3v) is 4.05. The molecule has 0 spiro atoms. The zero-order valence-electron chi connectivity index (χ0n) is 15.0. The minimum atomic E-state index is -0.436. The van der Waals surface area contributed by atoms with E-state index in [1.54, 1.807) is 42.3 Å². The number of carbonyl (C=O) groups is 2. The third kappa shape index (κ3) is 4.12. The van der Waals surface area contributed by atoms with Crippen LogP contribution in [0.3, 0.4) is 0 Å².